The van der Waals surface area contributed by atoms with E-state index in [1.54, 1.807) is 0 Å². The second kappa shape index (κ2) is 3.35. The summed E-state index contributed by atoms with van der Waals surface area (Å²) in [5, 5.41) is 0. The Morgan fingerprint density at radius 2 is 2.07 bits per heavy atom. The standard InChI is InChI=1S/C10H15NO3/c1-11-7-3-2-6-10(11)8(12)4-5-9(13)14-10/h2-7H2,1H3. The van der Waals surface area contributed by atoms with Gasteiger partial charge >= 0.3 is 5.97 Å². The predicted molar refractivity (Wildman–Crippen MR) is 49.5 cm³/mol. The Labute approximate surface area is 83.2 Å². The number of likely N-dealkylation sites (tertiary alicyclic amines) is 1. The van der Waals surface area contributed by atoms with Crippen molar-refractivity contribution in [3.63, 3.8) is 0 Å². The summed E-state index contributed by atoms with van der Waals surface area (Å²) in [5.74, 6) is -0.169. The van der Waals surface area contributed by atoms with Crippen molar-refractivity contribution in [3.05, 3.63) is 0 Å². The molecule has 1 spiro atoms. The zero-order valence-electron chi connectivity index (χ0n) is 8.41. The number of ketones is 1. The minimum absolute atomic E-state index is 0.0688. The van der Waals surface area contributed by atoms with Crippen molar-refractivity contribution in [1.29, 1.82) is 0 Å². The molecule has 2 aliphatic heterocycles. The van der Waals surface area contributed by atoms with Gasteiger partial charge in [-0.05, 0) is 19.9 Å². The minimum atomic E-state index is -0.909. The molecule has 2 fully saturated rings. The van der Waals surface area contributed by atoms with Crippen molar-refractivity contribution in [2.45, 2.75) is 37.8 Å². The maximum atomic E-state index is 11.8. The van der Waals surface area contributed by atoms with Crippen molar-refractivity contribution in [2.75, 3.05) is 13.6 Å². The highest BCUT2D eigenvalue weighted by atomic mass is 16.6. The Balaban J connectivity index is 2.25. The average molecular weight is 197 g/mol. The molecule has 2 rings (SSSR count). The van der Waals surface area contributed by atoms with E-state index in [0.717, 1.165) is 19.4 Å². The summed E-state index contributed by atoms with van der Waals surface area (Å²) < 4.78 is 5.28. The van der Waals surface area contributed by atoms with E-state index in [1.807, 2.05) is 11.9 Å². The number of nitrogens with zero attached hydrogens (tertiary/aromatic N) is 1. The van der Waals surface area contributed by atoms with E-state index in [4.69, 9.17) is 4.74 Å². The van der Waals surface area contributed by atoms with E-state index in [0.29, 0.717) is 12.8 Å². The van der Waals surface area contributed by atoms with Crippen molar-refractivity contribution < 1.29 is 14.3 Å². The lowest BCUT2D eigenvalue weighted by atomic mass is 9.90. The van der Waals surface area contributed by atoms with E-state index in [1.165, 1.54) is 0 Å². The summed E-state index contributed by atoms with van der Waals surface area (Å²) in [5.41, 5.74) is -0.909. The molecule has 0 aromatic carbocycles. The molecule has 0 saturated carbocycles. The molecule has 1 unspecified atom stereocenters. The Morgan fingerprint density at radius 1 is 1.29 bits per heavy atom. The van der Waals surface area contributed by atoms with Gasteiger partial charge in [-0.3, -0.25) is 14.5 Å². The number of carbonyl (C=O) groups excluding carboxylic acids is 2. The van der Waals surface area contributed by atoms with Crippen LogP contribution in [0.15, 0.2) is 0 Å². The van der Waals surface area contributed by atoms with Crippen LogP contribution in [-0.4, -0.2) is 36.0 Å². The fourth-order valence-corrected chi connectivity index (χ4v) is 2.27. The van der Waals surface area contributed by atoms with Crippen LogP contribution in [0.1, 0.15) is 32.1 Å². The lowest BCUT2D eigenvalue weighted by Gasteiger charge is -2.44. The molecule has 0 aromatic heterocycles. The van der Waals surface area contributed by atoms with E-state index in [9.17, 15) is 9.59 Å². The molecular formula is C10H15NO3. The van der Waals surface area contributed by atoms with Gasteiger partial charge in [0.15, 0.2) is 5.78 Å². The van der Waals surface area contributed by atoms with E-state index in [-0.39, 0.29) is 18.2 Å². The van der Waals surface area contributed by atoms with Crippen LogP contribution in [0.3, 0.4) is 0 Å². The van der Waals surface area contributed by atoms with Crippen molar-refractivity contribution in [1.82, 2.24) is 4.90 Å². The smallest absolute Gasteiger partial charge is 0.308 e. The van der Waals surface area contributed by atoms with Crippen molar-refractivity contribution >= 4 is 11.8 Å². The van der Waals surface area contributed by atoms with Crippen LogP contribution in [0.5, 0.6) is 0 Å². The number of hydrogen-bond donors (Lipinski definition) is 0. The van der Waals surface area contributed by atoms with E-state index in [2.05, 4.69) is 0 Å². The number of rotatable bonds is 0. The van der Waals surface area contributed by atoms with Crippen LogP contribution < -0.4 is 0 Å². The Hall–Kier alpha value is -0.900. The fraction of sp³-hybridized carbons (Fsp3) is 0.800. The average Bonchev–Trinajstić information content (AvgIpc) is 2.17. The van der Waals surface area contributed by atoms with E-state index >= 15 is 0 Å². The Morgan fingerprint density at radius 3 is 2.79 bits per heavy atom. The maximum Gasteiger partial charge on any atom is 0.308 e. The summed E-state index contributed by atoms with van der Waals surface area (Å²) in [6.07, 6.45) is 3.28. The second-order valence-corrected chi connectivity index (χ2v) is 4.06. The lowest BCUT2D eigenvalue weighted by molar-refractivity contribution is -0.202. The lowest BCUT2D eigenvalue weighted by Crippen LogP contribution is -2.60. The molecule has 2 saturated heterocycles. The van der Waals surface area contributed by atoms with Gasteiger partial charge in [-0.1, -0.05) is 0 Å². The predicted octanol–water partition coefficient (Wildman–Crippen LogP) is 0.704. The minimum Gasteiger partial charge on any atom is -0.436 e. The molecule has 0 N–H and O–H groups in total. The van der Waals surface area contributed by atoms with Gasteiger partial charge in [-0.2, -0.15) is 0 Å². The van der Waals surface area contributed by atoms with Crippen LogP contribution in [-0.2, 0) is 14.3 Å². The molecule has 0 bridgehead atoms. The molecule has 4 heteroatoms. The van der Waals surface area contributed by atoms with Gasteiger partial charge in [0, 0.05) is 19.4 Å². The largest absolute Gasteiger partial charge is 0.436 e. The van der Waals surface area contributed by atoms with Gasteiger partial charge in [-0.15, -0.1) is 0 Å². The van der Waals surface area contributed by atoms with Crippen LogP contribution in [0.25, 0.3) is 0 Å². The molecule has 4 nitrogen and oxygen atoms in total. The third kappa shape index (κ3) is 1.34. The third-order valence-electron chi connectivity index (χ3n) is 3.15. The number of Topliss-reactive ketones (excluding diaryl/α,β-unsaturated/α-hetero) is 1. The highest BCUT2D eigenvalue weighted by Crippen LogP contribution is 2.33. The first-order valence-corrected chi connectivity index (χ1v) is 5.11. The van der Waals surface area contributed by atoms with Crippen LogP contribution in [0.4, 0.5) is 0 Å². The second-order valence-electron chi connectivity index (χ2n) is 4.06. The van der Waals surface area contributed by atoms with Crippen LogP contribution >= 0.6 is 0 Å². The summed E-state index contributed by atoms with van der Waals surface area (Å²) >= 11 is 0. The first-order chi connectivity index (χ1) is 6.65. The number of hydrogen-bond acceptors (Lipinski definition) is 4. The number of esters is 1. The van der Waals surface area contributed by atoms with Gasteiger partial charge in [0.25, 0.3) is 0 Å². The molecular weight excluding hydrogens is 182 g/mol. The molecule has 1 atom stereocenters. The van der Waals surface area contributed by atoms with Crippen molar-refractivity contribution in [3.8, 4) is 0 Å². The molecule has 0 aliphatic carbocycles. The molecule has 2 aliphatic rings. The number of carbonyl (C=O) groups is 2. The SMILES string of the molecule is CN1CCCCC12OC(=O)CCC2=O. The van der Waals surface area contributed by atoms with Gasteiger partial charge < -0.3 is 4.74 Å². The first kappa shape index (κ1) is 9.65. The highest BCUT2D eigenvalue weighted by molar-refractivity contribution is 5.94. The van der Waals surface area contributed by atoms with Gasteiger partial charge in [0.1, 0.15) is 0 Å². The first-order valence-electron chi connectivity index (χ1n) is 5.11. The van der Waals surface area contributed by atoms with Gasteiger partial charge in [-0.25, -0.2) is 0 Å². The van der Waals surface area contributed by atoms with Gasteiger partial charge in [0.2, 0.25) is 5.72 Å². The van der Waals surface area contributed by atoms with Crippen LogP contribution in [0, 0.1) is 0 Å². The number of likely N-dealkylation sites (N-methyl/N-ethyl adjacent to an activating group) is 1. The topological polar surface area (TPSA) is 46.6 Å². The highest BCUT2D eigenvalue weighted by Gasteiger charge is 2.49. The number of piperidine rings is 1. The van der Waals surface area contributed by atoms with Crippen molar-refractivity contribution in [2.24, 2.45) is 0 Å². The zero-order valence-corrected chi connectivity index (χ0v) is 8.41. The van der Waals surface area contributed by atoms with Crippen LogP contribution in [0.2, 0.25) is 0 Å². The summed E-state index contributed by atoms with van der Waals surface area (Å²) in [7, 11) is 1.86. The number of ether oxygens (including phenoxy) is 1. The molecule has 2 heterocycles. The zero-order chi connectivity index (χ0) is 10.2. The molecule has 0 amide bonds. The third-order valence-corrected chi connectivity index (χ3v) is 3.15. The fourth-order valence-electron chi connectivity index (χ4n) is 2.27. The summed E-state index contributed by atoms with van der Waals surface area (Å²) in [6, 6.07) is 0. The molecule has 0 radical (unpaired) electrons. The summed E-state index contributed by atoms with van der Waals surface area (Å²) in [4.78, 5) is 24.9. The van der Waals surface area contributed by atoms with Gasteiger partial charge in [0.05, 0.1) is 6.42 Å². The molecule has 78 valence electrons. The Bertz CT molecular complexity index is 277. The normalized spacial score (nSPS) is 34.6. The Kier molecular flexibility index (Phi) is 2.31. The summed E-state index contributed by atoms with van der Waals surface area (Å²) in [6.45, 7) is 0.832. The van der Waals surface area contributed by atoms with E-state index < -0.39 is 5.72 Å². The monoisotopic (exact) mass is 197 g/mol. The maximum absolute atomic E-state index is 11.8. The molecule has 14 heavy (non-hydrogen) atoms. The molecule has 0 aromatic rings. The quantitative estimate of drug-likeness (QED) is 0.536.